The molecule has 3 nitrogen and oxygen atoms in total. The Morgan fingerprint density at radius 2 is 2.05 bits per heavy atom. The topological polar surface area (TPSA) is 32.3 Å². The van der Waals surface area contributed by atoms with Crippen molar-refractivity contribution in [2.45, 2.75) is 39.0 Å². The van der Waals surface area contributed by atoms with Gasteiger partial charge in [-0.15, -0.1) is 0 Å². The Balaban J connectivity index is 1.63. The zero-order valence-corrected chi connectivity index (χ0v) is 13.2. The van der Waals surface area contributed by atoms with Gasteiger partial charge in [-0.2, -0.15) is 0 Å². The lowest BCUT2D eigenvalue weighted by molar-refractivity contribution is -0.134. The van der Waals surface area contributed by atoms with Crippen molar-refractivity contribution in [2.24, 2.45) is 5.41 Å². The minimum absolute atomic E-state index is 0.0272. The fourth-order valence-corrected chi connectivity index (χ4v) is 3.78. The van der Waals surface area contributed by atoms with Gasteiger partial charge in [0.15, 0.2) is 0 Å². The summed E-state index contributed by atoms with van der Waals surface area (Å²) in [5, 5.41) is 3.48. The molecule has 0 radical (unpaired) electrons. The van der Waals surface area contributed by atoms with Crippen molar-refractivity contribution in [1.82, 2.24) is 10.2 Å². The normalized spacial score (nSPS) is 22.5. The summed E-state index contributed by atoms with van der Waals surface area (Å²) in [7, 11) is 0. The lowest BCUT2D eigenvalue weighted by Crippen LogP contribution is -2.45. The van der Waals surface area contributed by atoms with E-state index in [0.717, 1.165) is 44.6 Å². The average molecular weight is 286 g/mol. The fraction of sp³-hybridized carbons (Fsp3) is 0.611. The molecule has 114 valence electrons. The van der Waals surface area contributed by atoms with Gasteiger partial charge in [-0.05, 0) is 50.6 Å². The summed E-state index contributed by atoms with van der Waals surface area (Å²) in [6.45, 7) is 8.26. The zero-order chi connectivity index (χ0) is 14.9. The van der Waals surface area contributed by atoms with Crippen LogP contribution < -0.4 is 5.32 Å². The first-order chi connectivity index (χ1) is 10.1. The van der Waals surface area contributed by atoms with E-state index in [4.69, 9.17) is 0 Å². The number of nitrogens with zero attached hydrogens (tertiary/aromatic N) is 1. The number of carbonyl (C=O) groups excluding carboxylic acids is 1. The molecule has 1 spiro atoms. The molecule has 1 atom stereocenters. The predicted octanol–water partition coefficient (Wildman–Crippen LogP) is 2.70. The number of hydrogen-bond acceptors (Lipinski definition) is 2. The van der Waals surface area contributed by atoms with Gasteiger partial charge in [0.2, 0.25) is 5.91 Å². The van der Waals surface area contributed by atoms with Gasteiger partial charge in [0.25, 0.3) is 0 Å². The molecule has 2 heterocycles. The van der Waals surface area contributed by atoms with Crippen LogP contribution in [0, 0.1) is 12.3 Å². The van der Waals surface area contributed by atoms with Gasteiger partial charge in [0, 0.05) is 19.6 Å². The van der Waals surface area contributed by atoms with E-state index in [-0.39, 0.29) is 5.92 Å². The SMILES string of the molecule is Cc1cccc(C(C)C(=O)N2CCC3(CCNC3)CC2)c1. The number of amides is 1. The molecule has 2 aliphatic rings. The Kier molecular flexibility index (Phi) is 4.03. The van der Waals surface area contributed by atoms with Crippen LogP contribution in [0.15, 0.2) is 24.3 Å². The molecule has 1 amide bonds. The van der Waals surface area contributed by atoms with Crippen LogP contribution in [-0.2, 0) is 4.79 Å². The summed E-state index contributed by atoms with van der Waals surface area (Å²) in [4.78, 5) is 14.8. The average Bonchev–Trinajstić information content (AvgIpc) is 2.95. The van der Waals surface area contributed by atoms with Crippen LogP contribution in [0.4, 0.5) is 0 Å². The van der Waals surface area contributed by atoms with E-state index in [1.807, 2.05) is 13.0 Å². The van der Waals surface area contributed by atoms with Crippen molar-refractivity contribution < 1.29 is 4.79 Å². The third-order valence-electron chi connectivity index (χ3n) is 5.38. The Morgan fingerprint density at radius 1 is 1.29 bits per heavy atom. The minimum atomic E-state index is -0.0272. The quantitative estimate of drug-likeness (QED) is 0.906. The third kappa shape index (κ3) is 2.98. The van der Waals surface area contributed by atoms with Crippen molar-refractivity contribution in [2.75, 3.05) is 26.2 Å². The number of piperidine rings is 1. The first kappa shape index (κ1) is 14.6. The maximum atomic E-state index is 12.7. The molecule has 21 heavy (non-hydrogen) atoms. The van der Waals surface area contributed by atoms with Gasteiger partial charge in [-0.3, -0.25) is 4.79 Å². The number of hydrogen-bond donors (Lipinski definition) is 1. The van der Waals surface area contributed by atoms with Gasteiger partial charge < -0.3 is 10.2 Å². The molecule has 0 aliphatic carbocycles. The molecular weight excluding hydrogens is 260 g/mol. The second-order valence-corrected chi connectivity index (χ2v) is 6.89. The molecule has 1 aromatic rings. The highest BCUT2D eigenvalue weighted by Gasteiger charge is 2.38. The first-order valence-corrected chi connectivity index (χ1v) is 8.16. The zero-order valence-electron chi connectivity index (χ0n) is 13.2. The van der Waals surface area contributed by atoms with E-state index >= 15 is 0 Å². The second-order valence-electron chi connectivity index (χ2n) is 6.89. The van der Waals surface area contributed by atoms with Gasteiger partial charge in [-0.25, -0.2) is 0 Å². The van der Waals surface area contributed by atoms with Crippen LogP contribution in [0.3, 0.4) is 0 Å². The Hall–Kier alpha value is -1.35. The lowest BCUT2D eigenvalue weighted by Gasteiger charge is -2.39. The second kappa shape index (κ2) is 5.80. The summed E-state index contributed by atoms with van der Waals surface area (Å²) >= 11 is 0. The molecule has 0 aromatic heterocycles. The summed E-state index contributed by atoms with van der Waals surface area (Å²) in [5.41, 5.74) is 2.84. The van der Waals surface area contributed by atoms with E-state index in [9.17, 15) is 4.79 Å². The highest BCUT2D eigenvalue weighted by Crippen LogP contribution is 2.37. The molecule has 0 saturated carbocycles. The molecule has 1 unspecified atom stereocenters. The van der Waals surface area contributed by atoms with Crippen molar-refractivity contribution in [3.63, 3.8) is 0 Å². The van der Waals surface area contributed by atoms with Gasteiger partial charge in [0.1, 0.15) is 0 Å². The number of benzene rings is 1. The molecule has 1 aromatic carbocycles. The molecule has 2 fully saturated rings. The van der Waals surface area contributed by atoms with E-state index in [0.29, 0.717) is 11.3 Å². The van der Waals surface area contributed by atoms with E-state index in [1.54, 1.807) is 0 Å². The minimum Gasteiger partial charge on any atom is -0.342 e. The Labute approximate surface area is 127 Å². The van der Waals surface area contributed by atoms with Crippen molar-refractivity contribution >= 4 is 5.91 Å². The van der Waals surface area contributed by atoms with Crippen LogP contribution in [0.25, 0.3) is 0 Å². The van der Waals surface area contributed by atoms with Crippen molar-refractivity contribution in [3.05, 3.63) is 35.4 Å². The lowest BCUT2D eigenvalue weighted by atomic mass is 9.77. The summed E-state index contributed by atoms with van der Waals surface area (Å²) in [6, 6.07) is 8.33. The van der Waals surface area contributed by atoms with E-state index in [2.05, 4.69) is 35.3 Å². The van der Waals surface area contributed by atoms with Crippen molar-refractivity contribution in [1.29, 1.82) is 0 Å². The molecular formula is C18H26N2O. The van der Waals surface area contributed by atoms with Crippen LogP contribution in [-0.4, -0.2) is 37.0 Å². The number of likely N-dealkylation sites (tertiary alicyclic amines) is 1. The van der Waals surface area contributed by atoms with E-state index in [1.165, 1.54) is 12.0 Å². The summed E-state index contributed by atoms with van der Waals surface area (Å²) in [6.07, 6.45) is 3.60. The molecule has 1 N–H and O–H groups in total. The van der Waals surface area contributed by atoms with Gasteiger partial charge in [-0.1, -0.05) is 29.8 Å². The van der Waals surface area contributed by atoms with Gasteiger partial charge in [0.05, 0.1) is 5.92 Å². The Bertz CT molecular complexity index is 510. The number of carbonyl (C=O) groups is 1. The van der Waals surface area contributed by atoms with Gasteiger partial charge >= 0.3 is 0 Å². The number of aryl methyl sites for hydroxylation is 1. The summed E-state index contributed by atoms with van der Waals surface area (Å²) in [5.74, 6) is 0.266. The highest BCUT2D eigenvalue weighted by molar-refractivity contribution is 5.83. The first-order valence-electron chi connectivity index (χ1n) is 8.16. The smallest absolute Gasteiger partial charge is 0.229 e. The third-order valence-corrected chi connectivity index (χ3v) is 5.38. The van der Waals surface area contributed by atoms with E-state index < -0.39 is 0 Å². The standard InChI is InChI=1S/C18H26N2O/c1-14-4-3-5-16(12-14)15(2)17(21)20-10-7-18(8-11-20)6-9-19-13-18/h3-5,12,15,19H,6-11,13H2,1-2H3. The van der Waals surface area contributed by atoms with Crippen molar-refractivity contribution in [3.8, 4) is 0 Å². The van der Waals surface area contributed by atoms with Crippen LogP contribution in [0.2, 0.25) is 0 Å². The molecule has 3 heteroatoms. The number of rotatable bonds is 2. The maximum absolute atomic E-state index is 12.7. The van der Waals surface area contributed by atoms with Crippen LogP contribution in [0.1, 0.15) is 43.2 Å². The monoisotopic (exact) mass is 286 g/mol. The van der Waals surface area contributed by atoms with Crippen LogP contribution >= 0.6 is 0 Å². The summed E-state index contributed by atoms with van der Waals surface area (Å²) < 4.78 is 0. The maximum Gasteiger partial charge on any atom is 0.229 e. The number of nitrogens with one attached hydrogen (secondary N) is 1. The largest absolute Gasteiger partial charge is 0.342 e. The molecule has 2 aliphatic heterocycles. The Morgan fingerprint density at radius 3 is 2.67 bits per heavy atom. The highest BCUT2D eigenvalue weighted by atomic mass is 16.2. The fourth-order valence-electron chi connectivity index (χ4n) is 3.78. The van der Waals surface area contributed by atoms with Crippen LogP contribution in [0.5, 0.6) is 0 Å². The molecule has 0 bridgehead atoms. The molecule has 2 saturated heterocycles. The molecule has 3 rings (SSSR count). The predicted molar refractivity (Wildman–Crippen MR) is 85.3 cm³/mol.